The van der Waals surface area contributed by atoms with Crippen molar-refractivity contribution in [1.82, 2.24) is 0 Å². The monoisotopic (exact) mass is 2840 g/mol. The zero-order chi connectivity index (χ0) is 81.2. The number of benzene rings is 13. The number of hydrogen-bond donors (Lipinski definition) is 2. The van der Waals surface area contributed by atoms with E-state index in [4.69, 9.17) is 10.2 Å². The van der Waals surface area contributed by atoms with Crippen LogP contribution in [-0.2, 0) is 119 Å². The van der Waals surface area contributed by atoms with Crippen molar-refractivity contribution < 1.29 is 129 Å². The number of anilines is 14. The minimum atomic E-state index is -0.375. The Morgan fingerprint density at radius 3 is 0.904 bits per heavy atom. The Balaban J connectivity index is 0.000000305. The van der Waals surface area contributed by atoms with Crippen LogP contribution in [0.25, 0.3) is 0 Å². The van der Waals surface area contributed by atoms with E-state index in [9.17, 15) is 0 Å². The van der Waals surface area contributed by atoms with E-state index in [-0.39, 0.29) is 137 Å². The van der Waals surface area contributed by atoms with Gasteiger partial charge in [-0.05, 0) is 137 Å². The third-order valence-electron chi connectivity index (χ3n) is 19.0. The minimum Gasteiger partial charge on any atom is -0.522 e. The molecule has 6 aliphatic rings. The van der Waals surface area contributed by atoms with Crippen LogP contribution in [0.3, 0.4) is 0 Å². The van der Waals surface area contributed by atoms with Crippen molar-refractivity contribution in [3.63, 3.8) is 0 Å². The predicted octanol–water partition coefficient (Wildman–Crippen LogP) is 23.5. The van der Waals surface area contributed by atoms with E-state index in [0.29, 0.717) is 6.42 Å². The molecular weight excluding hydrogens is 2740 g/mol. The molecule has 0 spiro atoms. The quantitative estimate of drug-likeness (QED) is 0.0801. The van der Waals surface area contributed by atoms with Crippen LogP contribution >= 0.6 is 19.4 Å². The molecule has 3 fully saturated rings. The molecule has 14 nitrogen and oxygen atoms in total. The second kappa shape index (κ2) is 58.9. The molecule has 21 heteroatoms. The Kier molecular flexibility index (Phi) is 51.3. The summed E-state index contributed by atoms with van der Waals surface area (Å²) in [7, 11) is 0. The first kappa shape index (κ1) is 109. The number of aliphatic hydroxyl groups excluding tert-OH is 2. The fraction of sp³-hybridized carbons (Fsp3) is 0.125. The molecule has 2 atom stereocenters. The molecule has 13 aromatic carbocycles. The van der Waals surface area contributed by atoms with E-state index >= 15 is 0 Å². The molecule has 125 heavy (non-hydrogen) atoms. The first-order valence-corrected chi connectivity index (χ1v) is 45.5. The molecule has 6 heterocycles. The van der Waals surface area contributed by atoms with Gasteiger partial charge in [-0.1, -0.05) is 128 Å². The number of aliphatic hydroxyl groups is 2. The number of fused-ring (bicyclic) bond motifs is 1. The van der Waals surface area contributed by atoms with Crippen molar-refractivity contribution in [3.05, 3.63) is 474 Å². The average molecular weight is 2840 g/mol. The molecule has 13 aromatic rings. The smallest absolute Gasteiger partial charge is 0.522 e. The first-order valence-electron chi connectivity index (χ1n) is 39.0. The molecule has 0 aliphatic carbocycles. The Labute approximate surface area is 837 Å². The van der Waals surface area contributed by atoms with Crippen LogP contribution in [0.4, 0.5) is 79.6 Å². The number of halogens is 1. The molecule has 3 radical (unpaired) electrons. The predicted molar refractivity (Wildman–Crippen MR) is 510 cm³/mol. The van der Waals surface area contributed by atoms with E-state index in [1.54, 1.807) is 13.8 Å². The van der Waals surface area contributed by atoms with Gasteiger partial charge in [0.15, 0.2) is 0 Å². The Morgan fingerprint density at radius 2 is 0.576 bits per heavy atom. The summed E-state index contributed by atoms with van der Waals surface area (Å²) >= 11 is 4.23. The van der Waals surface area contributed by atoms with Crippen LogP contribution in [0.2, 0.25) is 0 Å². The van der Waals surface area contributed by atoms with Crippen LogP contribution in [0.15, 0.2) is 365 Å². The van der Waals surface area contributed by atoms with Crippen LogP contribution in [0, 0.1) is 113 Å². The summed E-state index contributed by atoms with van der Waals surface area (Å²) in [5.41, 5.74) is 18.6. The fourth-order valence-corrected chi connectivity index (χ4v) is 13.1. The summed E-state index contributed by atoms with van der Waals surface area (Å²) in [6.45, 7) is 26.3. The van der Waals surface area contributed by atoms with E-state index in [1.165, 1.54) is 39.6 Å². The third-order valence-corrected chi connectivity index (χ3v) is 19.0. The molecule has 3 saturated heterocycles. The molecule has 0 bridgehead atoms. The van der Waals surface area contributed by atoms with Gasteiger partial charge in [-0.25, -0.2) is 0 Å². The van der Waals surface area contributed by atoms with Gasteiger partial charge in [0.2, 0.25) is 0 Å². The molecule has 19 rings (SSSR count). The van der Waals surface area contributed by atoms with Gasteiger partial charge < -0.3 is 91.3 Å². The molecule has 0 saturated carbocycles. The van der Waals surface area contributed by atoms with E-state index < -0.39 is 0 Å². The Hall–Kier alpha value is -8.40. The second-order valence-electron chi connectivity index (χ2n) is 27.7. The van der Waals surface area contributed by atoms with Crippen molar-refractivity contribution in [1.29, 1.82) is 0 Å². The van der Waals surface area contributed by atoms with Gasteiger partial charge in [0.1, 0.15) is 0 Å². The van der Waals surface area contributed by atoms with Crippen molar-refractivity contribution in [2.45, 2.75) is 46.3 Å². The summed E-state index contributed by atoms with van der Waals surface area (Å²) in [4.78, 5) is 26.2. The van der Waals surface area contributed by atoms with Crippen LogP contribution in [-0.4, -0.2) is 61.7 Å². The van der Waals surface area contributed by atoms with Crippen molar-refractivity contribution >= 4 is 99.0 Å². The maximum atomic E-state index is 8.56. The second-order valence-corrected chi connectivity index (χ2v) is 27.7. The molecule has 0 amide bonds. The minimum absolute atomic E-state index is 0. The van der Waals surface area contributed by atoms with E-state index in [0.717, 1.165) is 90.5 Å². The van der Waals surface area contributed by atoms with Crippen molar-refractivity contribution in [3.8, 4) is 0 Å². The summed E-state index contributed by atoms with van der Waals surface area (Å²) in [5.74, 6) is 0. The normalized spacial score (nSPS) is 13.7. The number of hydrogen-bond acceptors (Lipinski definition) is 14. The molecule has 0 aromatic heterocycles. The van der Waals surface area contributed by atoms with Crippen molar-refractivity contribution in [2.75, 3.05) is 98.1 Å². The number of rotatable bonds is 14. The van der Waals surface area contributed by atoms with Gasteiger partial charge >= 0.3 is 77.6 Å². The van der Waals surface area contributed by atoms with Gasteiger partial charge in [0.05, 0.1) is 12.2 Å². The van der Waals surface area contributed by atoms with Gasteiger partial charge in [-0.15, -0.1) is 60.2 Å². The maximum absolute atomic E-state index is 8.56. The fourth-order valence-electron chi connectivity index (χ4n) is 13.1. The third kappa shape index (κ3) is 33.3. The summed E-state index contributed by atoms with van der Waals surface area (Å²) in [5, 5.41) is 17.1. The van der Waals surface area contributed by atoms with E-state index in [1.807, 2.05) is 176 Å². The average Bonchev–Trinajstić information content (AvgIpc) is 1.62. The summed E-state index contributed by atoms with van der Waals surface area (Å²) < 4.78 is 0. The molecule has 2 unspecified atom stereocenters. The molecular formula is C104H105IIr3N12O2Pt3-9. The zero-order valence-corrected chi connectivity index (χ0v) is 87.0. The van der Waals surface area contributed by atoms with Crippen molar-refractivity contribution in [2.24, 2.45) is 0 Å². The standard InChI is InChI=1S/C19H14N2.C17H16N2.3C15H14N2.C15H12N2.C5H12O2.3CH3.HI.3Ir.3Pt/c1-3-9-16(10-4-1)20-15-21(17-11-5-2-6-12-17)19-14-8-7-13-18(19)20;1-14-3-7-16(8-4-14)18-11-12-19(13-18)17-9-5-15(2)6-10-17;4*1-3-7-14(8-4-1)16-11-12-17(13-16)15-9-5-2-6-10-15;1-4(6)3-5(2)7;;;;;;;;;;/h1-11,13-15H;3-9,11-13H,1-2H3;3*1-9,13H,11-12H2;1-9,11-13H;4-7H,3H2,1-2H3;3*1H3;1H;;;;;;/q6*-2;;3*-1;;;;;+1;+2;+4/p-1. The molecule has 2 N–H and O–H groups in total. The molecule has 6 aliphatic heterocycles. The summed E-state index contributed by atoms with van der Waals surface area (Å²) in [6.07, 6.45) is 7.88. The Bertz CT molecular complexity index is 4490. The van der Waals surface area contributed by atoms with Crippen LogP contribution < -0.4 is 58.8 Å². The topological polar surface area (TPSA) is 79.3 Å². The van der Waals surface area contributed by atoms with Gasteiger partial charge in [-0.2, -0.15) is 195 Å². The van der Waals surface area contributed by atoms with Gasteiger partial charge in [0.25, 0.3) is 0 Å². The number of aryl methyl sites for hydroxylation is 2. The number of para-hydroxylation sites is 12. The molecule has 666 valence electrons. The number of nitrogens with zero attached hydrogens (tertiary/aromatic N) is 12. The van der Waals surface area contributed by atoms with E-state index in [2.05, 4.69) is 373 Å². The Morgan fingerprint density at radius 1 is 0.296 bits per heavy atom. The maximum Gasteiger partial charge on any atom is 4.00 e. The zero-order valence-electron chi connectivity index (χ0n) is 70.8. The summed E-state index contributed by atoms with van der Waals surface area (Å²) in [6, 6.07) is 135. The van der Waals surface area contributed by atoms with Crippen LogP contribution in [0.1, 0.15) is 31.4 Å². The van der Waals surface area contributed by atoms with Gasteiger partial charge in [0, 0.05) is 145 Å². The largest absolute Gasteiger partial charge is 4.00 e. The first-order chi connectivity index (χ1) is 57.5. The van der Waals surface area contributed by atoms with Gasteiger partial charge in [-0.3, -0.25) is 0 Å². The van der Waals surface area contributed by atoms with Crippen LogP contribution in [0.5, 0.6) is 0 Å². The SMILES string of the molecule is CC(O)CC(C)O.Cc1c[c-]c(N2C=CN(c3ccc(C)cc3)[CH-]2)cc1.[CH3-].[CH3-].[CH3-].[I][Pt].[Ir].[Ir].[Ir].[Pt+2].[Pt+4].[c-]1ccccc1N1C=CN(c2ccccc2)[CH-]1.[c-]1ccccc1N1[CH-]N(c2ccccc2)CC1.[c-]1ccccc1N1[CH-]N(c2ccccc2)CC1.[c-]1ccccc1N1[CH-]N(c2ccccc2)CC1.[c-]1ccccc1N1[CH-]N(c2ccccc2)c2ccccc21.